The summed E-state index contributed by atoms with van der Waals surface area (Å²) in [5, 5.41) is 6.86. The van der Waals surface area contributed by atoms with Crippen LogP contribution < -0.4 is 20.1 Å². The molecule has 3 rings (SSSR count). The summed E-state index contributed by atoms with van der Waals surface area (Å²) in [5.41, 5.74) is 2.35. The zero-order chi connectivity index (χ0) is 22.4. The maximum Gasteiger partial charge on any atom is 0.344 e. The molecule has 1 unspecified atom stereocenters. The third-order valence-electron chi connectivity index (χ3n) is 4.34. The van der Waals surface area contributed by atoms with E-state index in [2.05, 4.69) is 10.6 Å². The van der Waals surface area contributed by atoms with Gasteiger partial charge in [0.15, 0.2) is 23.6 Å². The normalized spacial score (nSPS) is 16.7. The number of hydrogen-bond acceptors (Lipinski definition) is 7. The predicted molar refractivity (Wildman–Crippen MR) is 122 cm³/mol. The van der Waals surface area contributed by atoms with E-state index >= 15 is 0 Å². The number of aryl methyl sites for hydroxylation is 1. The molecule has 0 aromatic heterocycles. The van der Waals surface area contributed by atoms with Crippen molar-refractivity contribution in [3.05, 3.63) is 57.5 Å². The van der Waals surface area contributed by atoms with Crippen LogP contribution in [0.15, 0.2) is 41.3 Å². The van der Waals surface area contributed by atoms with Crippen molar-refractivity contribution in [2.45, 2.75) is 19.3 Å². The summed E-state index contributed by atoms with van der Waals surface area (Å²) in [5.74, 6) is 0.243. The largest absolute Gasteiger partial charge is 0.493 e. The zero-order valence-electron chi connectivity index (χ0n) is 17.4. The Kier molecular flexibility index (Phi) is 7.70. The first-order valence-corrected chi connectivity index (χ1v) is 10.8. The Morgan fingerprint density at radius 2 is 2.06 bits per heavy atom. The zero-order valence-corrected chi connectivity index (χ0v) is 18.9. The SMILES string of the molecule is CCOC(=O)COc1ccc(/C=C2\SC(Nc3ccc(Cl)cc3C)NC2=O)cc1OC. The number of esters is 1. The number of hydrogen-bond donors (Lipinski definition) is 2. The fraction of sp³-hybridized carbons (Fsp3) is 0.273. The number of benzene rings is 2. The topological polar surface area (TPSA) is 85.9 Å². The van der Waals surface area contributed by atoms with Gasteiger partial charge in [-0.25, -0.2) is 4.79 Å². The molecule has 164 valence electrons. The number of thioether (sulfide) groups is 1. The van der Waals surface area contributed by atoms with E-state index in [1.807, 2.05) is 19.1 Å². The summed E-state index contributed by atoms with van der Waals surface area (Å²) in [4.78, 5) is 24.5. The van der Waals surface area contributed by atoms with Crippen molar-refractivity contribution >= 4 is 47.0 Å². The van der Waals surface area contributed by atoms with E-state index in [1.165, 1.54) is 18.9 Å². The molecule has 31 heavy (non-hydrogen) atoms. The van der Waals surface area contributed by atoms with Gasteiger partial charge in [-0.05, 0) is 61.4 Å². The van der Waals surface area contributed by atoms with E-state index in [1.54, 1.807) is 37.3 Å². The first-order valence-electron chi connectivity index (χ1n) is 9.58. The molecule has 2 N–H and O–H groups in total. The van der Waals surface area contributed by atoms with Gasteiger partial charge < -0.3 is 24.8 Å². The molecule has 1 heterocycles. The minimum atomic E-state index is -0.454. The van der Waals surface area contributed by atoms with Gasteiger partial charge in [0.05, 0.1) is 18.6 Å². The summed E-state index contributed by atoms with van der Waals surface area (Å²) >= 11 is 7.38. The van der Waals surface area contributed by atoms with Gasteiger partial charge in [-0.1, -0.05) is 29.4 Å². The quantitative estimate of drug-likeness (QED) is 0.449. The smallest absolute Gasteiger partial charge is 0.344 e. The molecule has 9 heteroatoms. The van der Waals surface area contributed by atoms with Crippen LogP contribution in [0.3, 0.4) is 0 Å². The number of halogens is 1. The van der Waals surface area contributed by atoms with Gasteiger partial charge in [0, 0.05) is 10.7 Å². The number of carbonyl (C=O) groups excluding carboxylic acids is 2. The fourth-order valence-electron chi connectivity index (χ4n) is 2.88. The van der Waals surface area contributed by atoms with Crippen molar-refractivity contribution in [1.29, 1.82) is 0 Å². The lowest BCUT2D eigenvalue weighted by Gasteiger charge is -2.15. The molecule has 1 fully saturated rings. The van der Waals surface area contributed by atoms with Crippen molar-refractivity contribution in [3.63, 3.8) is 0 Å². The van der Waals surface area contributed by atoms with Gasteiger partial charge in [-0.3, -0.25) is 4.79 Å². The number of ether oxygens (including phenoxy) is 3. The van der Waals surface area contributed by atoms with Gasteiger partial charge in [-0.15, -0.1) is 0 Å². The summed E-state index contributed by atoms with van der Waals surface area (Å²) in [6.45, 7) is 3.76. The second kappa shape index (κ2) is 10.5. The minimum Gasteiger partial charge on any atom is -0.493 e. The second-order valence-electron chi connectivity index (χ2n) is 6.59. The maximum atomic E-state index is 12.4. The van der Waals surface area contributed by atoms with E-state index < -0.39 is 5.97 Å². The van der Waals surface area contributed by atoms with Crippen molar-refractivity contribution in [2.24, 2.45) is 0 Å². The van der Waals surface area contributed by atoms with Gasteiger partial charge in [-0.2, -0.15) is 0 Å². The summed E-state index contributed by atoms with van der Waals surface area (Å²) in [7, 11) is 1.51. The van der Waals surface area contributed by atoms with Gasteiger partial charge >= 0.3 is 5.97 Å². The summed E-state index contributed by atoms with van der Waals surface area (Å²) in [6.07, 6.45) is 1.77. The molecule has 2 aromatic rings. The van der Waals surface area contributed by atoms with Crippen LogP contribution in [-0.2, 0) is 14.3 Å². The Labute approximate surface area is 190 Å². The lowest BCUT2D eigenvalue weighted by molar-refractivity contribution is -0.145. The Morgan fingerprint density at radius 3 is 2.77 bits per heavy atom. The number of rotatable bonds is 8. The second-order valence-corrected chi connectivity index (χ2v) is 8.17. The average Bonchev–Trinajstić information content (AvgIpc) is 3.08. The predicted octanol–water partition coefficient (Wildman–Crippen LogP) is 4.20. The first kappa shape index (κ1) is 22.8. The molecular weight excluding hydrogens is 440 g/mol. The monoisotopic (exact) mass is 462 g/mol. The lowest BCUT2D eigenvalue weighted by Crippen LogP contribution is -2.31. The molecule has 2 aromatic carbocycles. The van der Waals surface area contributed by atoms with E-state index in [0.29, 0.717) is 28.0 Å². The van der Waals surface area contributed by atoms with Crippen molar-refractivity contribution in [1.82, 2.24) is 5.32 Å². The molecule has 1 aliphatic heterocycles. The van der Waals surface area contributed by atoms with Crippen molar-refractivity contribution in [3.8, 4) is 11.5 Å². The van der Waals surface area contributed by atoms with Gasteiger partial charge in [0.2, 0.25) is 0 Å². The maximum absolute atomic E-state index is 12.4. The van der Waals surface area contributed by atoms with Crippen molar-refractivity contribution < 1.29 is 23.8 Å². The Bertz CT molecular complexity index is 1010. The van der Waals surface area contributed by atoms with E-state index in [-0.39, 0.29) is 18.0 Å². The third-order valence-corrected chi connectivity index (χ3v) is 5.61. The standard InChI is InChI=1S/C22H23ClN2O5S/c1-4-29-20(26)12-30-17-8-5-14(10-18(17)28-3)11-19-21(27)25-22(31-19)24-16-7-6-15(23)9-13(16)2/h5-11,22,24H,4,12H2,1-3H3,(H,25,27)/b19-11-. The van der Waals surface area contributed by atoms with Crippen molar-refractivity contribution in [2.75, 3.05) is 25.6 Å². The number of nitrogens with one attached hydrogen (secondary N) is 2. The molecule has 1 amide bonds. The van der Waals surface area contributed by atoms with Crippen LogP contribution in [0.4, 0.5) is 5.69 Å². The third kappa shape index (κ3) is 6.08. The lowest BCUT2D eigenvalue weighted by atomic mass is 10.2. The van der Waals surface area contributed by atoms with Crippen LogP contribution in [0.1, 0.15) is 18.1 Å². The molecular formula is C22H23ClN2O5S. The van der Waals surface area contributed by atoms with Gasteiger partial charge in [0.1, 0.15) is 0 Å². The highest BCUT2D eigenvalue weighted by Crippen LogP contribution is 2.34. The number of anilines is 1. The highest BCUT2D eigenvalue weighted by atomic mass is 35.5. The van der Waals surface area contributed by atoms with E-state index in [0.717, 1.165) is 16.8 Å². The molecule has 1 aliphatic rings. The minimum absolute atomic E-state index is 0.171. The molecule has 0 radical (unpaired) electrons. The summed E-state index contributed by atoms with van der Waals surface area (Å²) in [6, 6.07) is 10.8. The summed E-state index contributed by atoms with van der Waals surface area (Å²) < 4.78 is 15.7. The first-order chi connectivity index (χ1) is 14.9. The fourth-order valence-corrected chi connectivity index (χ4v) is 4.08. The molecule has 1 saturated heterocycles. The van der Waals surface area contributed by atoms with E-state index in [9.17, 15) is 9.59 Å². The highest BCUT2D eigenvalue weighted by Gasteiger charge is 2.27. The number of amides is 1. The molecule has 0 aliphatic carbocycles. The number of carbonyl (C=O) groups is 2. The van der Waals surface area contributed by atoms with Crippen LogP contribution in [0.2, 0.25) is 5.02 Å². The van der Waals surface area contributed by atoms with Crippen LogP contribution in [0.25, 0.3) is 6.08 Å². The molecule has 1 atom stereocenters. The molecule has 7 nitrogen and oxygen atoms in total. The Balaban J connectivity index is 1.69. The Morgan fingerprint density at radius 1 is 1.26 bits per heavy atom. The van der Waals surface area contributed by atoms with Crippen LogP contribution in [0, 0.1) is 6.92 Å². The average molecular weight is 463 g/mol. The Hall–Kier alpha value is -2.84. The highest BCUT2D eigenvalue weighted by molar-refractivity contribution is 8.05. The molecule has 0 spiro atoms. The van der Waals surface area contributed by atoms with Crippen LogP contribution in [-0.4, -0.2) is 37.7 Å². The number of methoxy groups -OCH3 is 1. The molecule has 0 saturated carbocycles. The molecule has 0 bridgehead atoms. The van der Waals surface area contributed by atoms with Crippen LogP contribution in [0.5, 0.6) is 11.5 Å². The van der Waals surface area contributed by atoms with E-state index in [4.69, 9.17) is 25.8 Å². The van der Waals surface area contributed by atoms with Crippen LogP contribution >= 0.6 is 23.4 Å². The van der Waals surface area contributed by atoms with Gasteiger partial charge in [0.25, 0.3) is 5.91 Å².